The average Bonchev–Trinajstić information content (AvgIpc) is 2.21. The van der Waals surface area contributed by atoms with Crippen LogP contribution >= 0.6 is 0 Å². The number of aliphatic carboxylic acids is 1. The Kier molecular flexibility index (Phi) is 7.50. The fourth-order valence-electron chi connectivity index (χ4n) is 1.62. The molecule has 3 amide bonds. The van der Waals surface area contributed by atoms with Gasteiger partial charge in [0, 0.05) is 13.0 Å². The molecule has 0 rings (SSSR count). The number of nitrogens with one attached hydrogen (secondary N) is 2. The van der Waals surface area contributed by atoms with E-state index in [4.69, 9.17) is 10.8 Å². The second kappa shape index (κ2) is 8.32. The Labute approximate surface area is 106 Å². The summed E-state index contributed by atoms with van der Waals surface area (Å²) in [5, 5.41) is 13.5. The standard InChI is InChI=1S/C11H21N3O4/c1-7(2)3-8(4-10(16)17)5-13-11(18)14-6-9(12)15/h7-8H,3-6H2,1-2H3,(H2,12,15)(H,16,17)(H2,13,14,18)/t8-/m0/s1. The highest BCUT2D eigenvalue weighted by Crippen LogP contribution is 2.14. The van der Waals surface area contributed by atoms with Crippen LogP contribution in [0.2, 0.25) is 0 Å². The maximum atomic E-state index is 11.2. The predicted octanol–water partition coefficient (Wildman–Crippen LogP) is -0.0921. The van der Waals surface area contributed by atoms with Gasteiger partial charge in [-0.2, -0.15) is 0 Å². The quantitative estimate of drug-likeness (QED) is 0.486. The number of rotatable bonds is 8. The summed E-state index contributed by atoms with van der Waals surface area (Å²) in [6, 6.07) is -0.520. The van der Waals surface area contributed by atoms with E-state index in [2.05, 4.69) is 10.6 Å². The summed E-state index contributed by atoms with van der Waals surface area (Å²) in [4.78, 5) is 32.3. The molecule has 0 fully saturated rings. The van der Waals surface area contributed by atoms with Crippen LogP contribution in [0.15, 0.2) is 0 Å². The van der Waals surface area contributed by atoms with Crippen molar-refractivity contribution in [1.29, 1.82) is 0 Å². The normalized spacial score (nSPS) is 11.9. The lowest BCUT2D eigenvalue weighted by Crippen LogP contribution is -2.42. The van der Waals surface area contributed by atoms with E-state index in [9.17, 15) is 14.4 Å². The highest BCUT2D eigenvalue weighted by molar-refractivity contribution is 5.82. The molecule has 0 aliphatic carbocycles. The number of carbonyl (C=O) groups excluding carboxylic acids is 2. The summed E-state index contributed by atoms with van der Waals surface area (Å²) < 4.78 is 0. The third-order valence-electron chi connectivity index (χ3n) is 2.24. The topological polar surface area (TPSA) is 122 Å². The zero-order chi connectivity index (χ0) is 14.1. The number of primary amides is 1. The van der Waals surface area contributed by atoms with Crippen LogP contribution < -0.4 is 16.4 Å². The van der Waals surface area contributed by atoms with Gasteiger partial charge in [-0.3, -0.25) is 9.59 Å². The van der Waals surface area contributed by atoms with E-state index in [0.29, 0.717) is 12.3 Å². The molecule has 1 atom stereocenters. The molecule has 0 saturated heterocycles. The summed E-state index contributed by atoms with van der Waals surface area (Å²) in [7, 11) is 0. The van der Waals surface area contributed by atoms with Crippen molar-refractivity contribution in [3.63, 3.8) is 0 Å². The minimum atomic E-state index is -0.889. The zero-order valence-corrected chi connectivity index (χ0v) is 10.7. The fourth-order valence-corrected chi connectivity index (χ4v) is 1.62. The molecular formula is C11H21N3O4. The number of hydrogen-bond acceptors (Lipinski definition) is 3. The molecule has 7 nitrogen and oxygen atoms in total. The van der Waals surface area contributed by atoms with Crippen LogP contribution in [-0.2, 0) is 9.59 Å². The molecular weight excluding hydrogens is 238 g/mol. The van der Waals surface area contributed by atoms with E-state index < -0.39 is 17.9 Å². The van der Waals surface area contributed by atoms with Gasteiger partial charge in [0.15, 0.2) is 0 Å². The number of urea groups is 1. The van der Waals surface area contributed by atoms with Crippen LogP contribution in [0.25, 0.3) is 0 Å². The second-order valence-corrected chi connectivity index (χ2v) is 4.62. The molecule has 0 aromatic heterocycles. The molecule has 7 heteroatoms. The minimum Gasteiger partial charge on any atom is -0.481 e. The van der Waals surface area contributed by atoms with Gasteiger partial charge in [-0.05, 0) is 18.3 Å². The van der Waals surface area contributed by atoms with Gasteiger partial charge >= 0.3 is 12.0 Å². The second-order valence-electron chi connectivity index (χ2n) is 4.62. The average molecular weight is 259 g/mol. The lowest BCUT2D eigenvalue weighted by molar-refractivity contribution is -0.138. The van der Waals surface area contributed by atoms with Crippen LogP contribution in [0, 0.1) is 11.8 Å². The predicted molar refractivity (Wildman–Crippen MR) is 65.8 cm³/mol. The van der Waals surface area contributed by atoms with Crippen molar-refractivity contribution in [1.82, 2.24) is 10.6 Å². The number of nitrogens with two attached hydrogens (primary N) is 1. The molecule has 0 saturated carbocycles. The molecule has 0 aromatic rings. The van der Waals surface area contributed by atoms with E-state index in [1.165, 1.54) is 0 Å². The number of carboxylic acids is 1. The lowest BCUT2D eigenvalue weighted by atomic mass is 9.94. The number of amides is 3. The maximum Gasteiger partial charge on any atom is 0.315 e. The molecule has 0 unspecified atom stereocenters. The van der Waals surface area contributed by atoms with E-state index in [1.807, 2.05) is 13.8 Å². The molecule has 0 spiro atoms. The van der Waals surface area contributed by atoms with Crippen molar-refractivity contribution in [2.45, 2.75) is 26.7 Å². The van der Waals surface area contributed by atoms with E-state index in [0.717, 1.165) is 0 Å². The highest BCUT2D eigenvalue weighted by atomic mass is 16.4. The van der Waals surface area contributed by atoms with Crippen LogP contribution in [0.4, 0.5) is 4.79 Å². The third-order valence-corrected chi connectivity index (χ3v) is 2.24. The van der Waals surface area contributed by atoms with Gasteiger partial charge in [0.1, 0.15) is 0 Å². The van der Waals surface area contributed by atoms with Crippen LogP contribution in [0.3, 0.4) is 0 Å². The van der Waals surface area contributed by atoms with Gasteiger partial charge in [0.25, 0.3) is 0 Å². The minimum absolute atomic E-state index is 0.00821. The molecule has 18 heavy (non-hydrogen) atoms. The van der Waals surface area contributed by atoms with Crippen molar-refractivity contribution >= 4 is 17.9 Å². The Morgan fingerprint density at radius 1 is 1.22 bits per heavy atom. The zero-order valence-electron chi connectivity index (χ0n) is 10.7. The van der Waals surface area contributed by atoms with Crippen LogP contribution in [0.5, 0.6) is 0 Å². The number of carbonyl (C=O) groups is 3. The third kappa shape index (κ3) is 9.44. The summed E-state index contributed by atoms with van der Waals surface area (Å²) >= 11 is 0. The molecule has 0 aromatic carbocycles. The molecule has 0 radical (unpaired) electrons. The Morgan fingerprint density at radius 3 is 2.28 bits per heavy atom. The fraction of sp³-hybridized carbons (Fsp3) is 0.727. The Morgan fingerprint density at radius 2 is 1.83 bits per heavy atom. The first kappa shape index (κ1) is 16.2. The molecule has 104 valence electrons. The first-order valence-corrected chi connectivity index (χ1v) is 5.83. The largest absolute Gasteiger partial charge is 0.481 e. The van der Waals surface area contributed by atoms with Gasteiger partial charge in [-0.15, -0.1) is 0 Å². The summed E-state index contributed by atoms with van der Waals surface area (Å²) in [6.07, 6.45) is 0.719. The van der Waals surface area contributed by atoms with Gasteiger partial charge in [0.05, 0.1) is 6.54 Å². The Hall–Kier alpha value is -1.79. The Balaban J connectivity index is 4.04. The molecule has 0 heterocycles. The summed E-state index contributed by atoms with van der Waals surface area (Å²) in [5.41, 5.74) is 4.87. The summed E-state index contributed by atoms with van der Waals surface area (Å²) in [6.45, 7) is 4.00. The molecule has 0 bridgehead atoms. The highest BCUT2D eigenvalue weighted by Gasteiger charge is 2.16. The van der Waals surface area contributed by atoms with E-state index in [-0.39, 0.29) is 25.4 Å². The number of hydrogen-bond donors (Lipinski definition) is 4. The van der Waals surface area contributed by atoms with Crippen molar-refractivity contribution in [3.05, 3.63) is 0 Å². The van der Waals surface area contributed by atoms with Crippen LogP contribution in [0.1, 0.15) is 26.7 Å². The van der Waals surface area contributed by atoms with Crippen molar-refractivity contribution in [2.75, 3.05) is 13.1 Å². The van der Waals surface area contributed by atoms with Gasteiger partial charge in [0.2, 0.25) is 5.91 Å². The summed E-state index contributed by atoms with van der Waals surface area (Å²) in [5.74, 6) is -1.29. The van der Waals surface area contributed by atoms with Crippen LogP contribution in [-0.4, -0.2) is 36.1 Å². The number of carboxylic acid groups (broad SMARTS) is 1. The van der Waals surface area contributed by atoms with Gasteiger partial charge in [-0.25, -0.2) is 4.79 Å². The Bertz CT molecular complexity index is 305. The van der Waals surface area contributed by atoms with Crippen molar-refractivity contribution < 1.29 is 19.5 Å². The first-order valence-electron chi connectivity index (χ1n) is 5.83. The van der Waals surface area contributed by atoms with Crippen molar-refractivity contribution in [3.8, 4) is 0 Å². The maximum absolute atomic E-state index is 11.2. The SMILES string of the molecule is CC(C)C[C@H](CNC(=O)NCC(N)=O)CC(=O)O. The molecule has 0 aliphatic rings. The molecule has 0 aliphatic heterocycles. The van der Waals surface area contributed by atoms with E-state index >= 15 is 0 Å². The van der Waals surface area contributed by atoms with Crippen molar-refractivity contribution in [2.24, 2.45) is 17.6 Å². The molecule has 5 N–H and O–H groups in total. The van der Waals surface area contributed by atoms with Gasteiger partial charge < -0.3 is 21.5 Å². The smallest absolute Gasteiger partial charge is 0.315 e. The van der Waals surface area contributed by atoms with Gasteiger partial charge in [-0.1, -0.05) is 13.8 Å². The lowest BCUT2D eigenvalue weighted by Gasteiger charge is -2.17. The first-order chi connectivity index (χ1) is 8.31. The monoisotopic (exact) mass is 259 g/mol. The van der Waals surface area contributed by atoms with E-state index in [1.54, 1.807) is 0 Å².